The highest BCUT2D eigenvalue weighted by Gasteiger charge is 2.17. The van der Waals surface area contributed by atoms with Crippen molar-refractivity contribution in [3.63, 3.8) is 0 Å². The molecule has 0 unspecified atom stereocenters. The van der Waals surface area contributed by atoms with Gasteiger partial charge in [-0.3, -0.25) is 0 Å². The van der Waals surface area contributed by atoms with Gasteiger partial charge in [0.1, 0.15) is 11.2 Å². The van der Waals surface area contributed by atoms with Gasteiger partial charge in [0, 0.05) is 33.4 Å². The molecule has 0 aliphatic carbocycles. The third kappa shape index (κ3) is 4.92. The van der Waals surface area contributed by atoms with Gasteiger partial charge in [0.25, 0.3) is 0 Å². The molecule has 0 saturated heterocycles. The first kappa shape index (κ1) is 27.9. The molecule has 0 saturated carbocycles. The van der Waals surface area contributed by atoms with E-state index in [1.165, 1.54) is 27.5 Å². The molecular formula is C46H31NO. The van der Waals surface area contributed by atoms with Crippen molar-refractivity contribution in [2.75, 3.05) is 4.90 Å². The highest BCUT2D eigenvalue weighted by atomic mass is 16.3. The number of rotatable bonds is 6. The number of hydrogen-bond acceptors (Lipinski definition) is 2. The SMILES string of the molecule is c1ccc(-c2ccc(N(c3ccc(-c4ccccc4-c4cccc5c4oc4ccccc45)cc3)c3ccc4ccccc4c3)cc2)cc1. The number of nitrogens with zero attached hydrogens (tertiary/aromatic N) is 1. The van der Waals surface area contributed by atoms with Crippen molar-refractivity contribution in [3.8, 4) is 33.4 Å². The molecule has 2 nitrogen and oxygen atoms in total. The Morgan fingerprint density at radius 2 is 0.896 bits per heavy atom. The highest BCUT2D eigenvalue weighted by molar-refractivity contribution is 6.10. The number of furan rings is 1. The largest absolute Gasteiger partial charge is 0.455 e. The molecule has 9 rings (SSSR count). The molecule has 0 bridgehead atoms. The Balaban J connectivity index is 1.14. The fraction of sp³-hybridized carbons (Fsp3) is 0. The second-order valence-corrected chi connectivity index (χ2v) is 12.2. The molecule has 0 atom stereocenters. The van der Waals surface area contributed by atoms with Crippen LogP contribution in [0.25, 0.3) is 66.1 Å². The van der Waals surface area contributed by atoms with E-state index in [1.807, 2.05) is 12.1 Å². The summed E-state index contributed by atoms with van der Waals surface area (Å²) in [6.07, 6.45) is 0. The Morgan fingerprint density at radius 1 is 0.333 bits per heavy atom. The third-order valence-corrected chi connectivity index (χ3v) is 9.28. The third-order valence-electron chi connectivity index (χ3n) is 9.28. The van der Waals surface area contributed by atoms with Crippen LogP contribution in [0.3, 0.4) is 0 Å². The number of anilines is 3. The van der Waals surface area contributed by atoms with Crippen LogP contribution >= 0.6 is 0 Å². The van der Waals surface area contributed by atoms with E-state index in [0.717, 1.165) is 55.7 Å². The molecular weight excluding hydrogens is 583 g/mol. The van der Waals surface area contributed by atoms with E-state index in [9.17, 15) is 0 Å². The Hall–Kier alpha value is -6.38. The quantitative estimate of drug-likeness (QED) is 0.185. The molecule has 0 spiro atoms. The van der Waals surface area contributed by atoms with Crippen LogP contribution in [-0.4, -0.2) is 0 Å². The molecule has 8 aromatic carbocycles. The molecule has 226 valence electrons. The van der Waals surface area contributed by atoms with Crippen LogP contribution in [0.5, 0.6) is 0 Å². The highest BCUT2D eigenvalue weighted by Crippen LogP contribution is 2.42. The van der Waals surface area contributed by atoms with E-state index in [0.29, 0.717) is 0 Å². The maximum Gasteiger partial charge on any atom is 0.143 e. The molecule has 1 aromatic heterocycles. The average Bonchev–Trinajstić information content (AvgIpc) is 3.55. The number of para-hydroxylation sites is 2. The van der Waals surface area contributed by atoms with Crippen LogP contribution < -0.4 is 4.90 Å². The van der Waals surface area contributed by atoms with Gasteiger partial charge in [0.05, 0.1) is 0 Å². The predicted molar refractivity (Wildman–Crippen MR) is 202 cm³/mol. The van der Waals surface area contributed by atoms with Gasteiger partial charge in [-0.15, -0.1) is 0 Å². The summed E-state index contributed by atoms with van der Waals surface area (Å²) in [5.74, 6) is 0. The average molecular weight is 614 g/mol. The molecule has 0 fully saturated rings. The van der Waals surface area contributed by atoms with Crippen LogP contribution in [0.1, 0.15) is 0 Å². The summed E-state index contributed by atoms with van der Waals surface area (Å²) < 4.78 is 6.44. The zero-order valence-electron chi connectivity index (χ0n) is 26.3. The van der Waals surface area contributed by atoms with Gasteiger partial charge in [-0.1, -0.05) is 146 Å². The maximum absolute atomic E-state index is 6.44. The second kappa shape index (κ2) is 11.8. The molecule has 0 radical (unpaired) electrons. The van der Waals surface area contributed by atoms with Gasteiger partial charge < -0.3 is 9.32 Å². The first-order valence-electron chi connectivity index (χ1n) is 16.3. The van der Waals surface area contributed by atoms with Crippen LogP contribution in [-0.2, 0) is 0 Å². The van der Waals surface area contributed by atoms with E-state index >= 15 is 0 Å². The lowest BCUT2D eigenvalue weighted by atomic mass is 9.93. The van der Waals surface area contributed by atoms with Crippen molar-refractivity contribution in [2.24, 2.45) is 0 Å². The van der Waals surface area contributed by atoms with Gasteiger partial charge in [-0.25, -0.2) is 0 Å². The second-order valence-electron chi connectivity index (χ2n) is 12.2. The summed E-state index contributed by atoms with van der Waals surface area (Å²) in [6.45, 7) is 0. The lowest BCUT2D eigenvalue weighted by Crippen LogP contribution is -2.09. The fourth-order valence-corrected chi connectivity index (χ4v) is 6.92. The first-order valence-corrected chi connectivity index (χ1v) is 16.3. The fourth-order valence-electron chi connectivity index (χ4n) is 6.92. The van der Waals surface area contributed by atoms with Crippen molar-refractivity contribution in [2.45, 2.75) is 0 Å². The lowest BCUT2D eigenvalue weighted by Gasteiger charge is -2.26. The lowest BCUT2D eigenvalue weighted by molar-refractivity contribution is 0.670. The van der Waals surface area contributed by atoms with Crippen molar-refractivity contribution >= 4 is 49.8 Å². The zero-order valence-corrected chi connectivity index (χ0v) is 26.3. The molecule has 0 aliphatic rings. The van der Waals surface area contributed by atoms with Gasteiger partial charge >= 0.3 is 0 Å². The molecule has 0 amide bonds. The van der Waals surface area contributed by atoms with Gasteiger partial charge in [0.2, 0.25) is 0 Å². The molecule has 2 heteroatoms. The number of benzene rings is 8. The van der Waals surface area contributed by atoms with Crippen LogP contribution in [0.4, 0.5) is 17.1 Å². The standard InChI is InChI=1S/C46H31NO/c1-2-11-32(12-3-1)34-21-26-37(27-22-34)47(39-30-23-33-13-4-5-14-36(33)31-39)38-28-24-35(25-29-38)40-15-6-7-16-41(40)43-18-10-19-44-42-17-8-9-20-45(42)48-46(43)44/h1-31H. The first-order chi connectivity index (χ1) is 23.8. The van der Waals surface area contributed by atoms with E-state index < -0.39 is 0 Å². The molecule has 0 aliphatic heterocycles. The molecule has 0 N–H and O–H groups in total. The molecule has 9 aromatic rings. The summed E-state index contributed by atoms with van der Waals surface area (Å²) in [7, 11) is 0. The van der Waals surface area contributed by atoms with Gasteiger partial charge in [0.15, 0.2) is 0 Å². The van der Waals surface area contributed by atoms with Crippen molar-refractivity contribution in [3.05, 3.63) is 188 Å². The van der Waals surface area contributed by atoms with Crippen molar-refractivity contribution in [1.29, 1.82) is 0 Å². The summed E-state index contributed by atoms with van der Waals surface area (Å²) in [5.41, 5.74) is 12.1. The predicted octanol–water partition coefficient (Wildman–Crippen LogP) is 13.2. The minimum absolute atomic E-state index is 0.910. The molecule has 48 heavy (non-hydrogen) atoms. The Labute approximate surface area is 279 Å². The van der Waals surface area contributed by atoms with Crippen LogP contribution in [0, 0.1) is 0 Å². The normalized spacial score (nSPS) is 11.3. The van der Waals surface area contributed by atoms with E-state index in [-0.39, 0.29) is 0 Å². The van der Waals surface area contributed by atoms with Crippen molar-refractivity contribution < 1.29 is 4.42 Å². The molecule has 1 heterocycles. The Morgan fingerprint density at radius 3 is 1.69 bits per heavy atom. The van der Waals surface area contributed by atoms with E-state index in [2.05, 4.69) is 181 Å². The van der Waals surface area contributed by atoms with E-state index in [1.54, 1.807) is 0 Å². The summed E-state index contributed by atoms with van der Waals surface area (Å²) >= 11 is 0. The van der Waals surface area contributed by atoms with Crippen LogP contribution in [0.2, 0.25) is 0 Å². The number of fused-ring (bicyclic) bond motifs is 4. The Bertz CT molecular complexity index is 2540. The summed E-state index contributed by atoms with van der Waals surface area (Å²) in [6, 6.07) is 66.9. The van der Waals surface area contributed by atoms with Gasteiger partial charge in [-0.05, 0) is 81.1 Å². The maximum atomic E-state index is 6.44. The summed E-state index contributed by atoms with van der Waals surface area (Å²) in [4.78, 5) is 2.34. The Kier molecular flexibility index (Phi) is 6.84. The minimum atomic E-state index is 0.910. The summed E-state index contributed by atoms with van der Waals surface area (Å²) in [5, 5.41) is 4.72. The minimum Gasteiger partial charge on any atom is -0.455 e. The van der Waals surface area contributed by atoms with E-state index in [4.69, 9.17) is 4.42 Å². The zero-order chi connectivity index (χ0) is 31.9. The topological polar surface area (TPSA) is 16.4 Å². The monoisotopic (exact) mass is 613 g/mol. The van der Waals surface area contributed by atoms with Crippen LogP contribution in [0.15, 0.2) is 192 Å². The van der Waals surface area contributed by atoms with Gasteiger partial charge in [-0.2, -0.15) is 0 Å². The smallest absolute Gasteiger partial charge is 0.143 e. The number of hydrogen-bond donors (Lipinski definition) is 0. The van der Waals surface area contributed by atoms with Crippen molar-refractivity contribution in [1.82, 2.24) is 0 Å².